The van der Waals surface area contributed by atoms with Crippen molar-refractivity contribution in [3.8, 4) is 22.3 Å². The molecule has 0 aliphatic heterocycles. The van der Waals surface area contributed by atoms with E-state index in [1.165, 1.54) is 6.20 Å². The van der Waals surface area contributed by atoms with Gasteiger partial charge in [-0.15, -0.1) is 0 Å². The van der Waals surface area contributed by atoms with Gasteiger partial charge in [0, 0.05) is 10.8 Å². The summed E-state index contributed by atoms with van der Waals surface area (Å²) < 4.78 is 13.7. The predicted octanol–water partition coefficient (Wildman–Crippen LogP) is 9.20. The first kappa shape index (κ1) is 24.1. The van der Waals surface area contributed by atoms with E-state index in [9.17, 15) is 3.89 Å². The summed E-state index contributed by atoms with van der Waals surface area (Å²) in [4.78, 5) is 5.13. The molecule has 5 rings (SSSR count). The van der Waals surface area contributed by atoms with Crippen LogP contribution in [0.1, 0.15) is 37.1 Å². The number of halogens is 1. The molecule has 180 valence electrons. The van der Waals surface area contributed by atoms with Crippen LogP contribution in [0.2, 0.25) is 0 Å². The van der Waals surface area contributed by atoms with E-state index < -0.39 is 4.75 Å². The first-order chi connectivity index (χ1) is 17.5. The molecule has 1 atom stereocenters. The fraction of sp³-hybridized carbons (Fsp3) is 0.156. The molecule has 0 aliphatic carbocycles. The summed E-state index contributed by atoms with van der Waals surface area (Å²) in [6, 6.07) is 29.5. The third kappa shape index (κ3) is 4.06. The fourth-order valence-electron chi connectivity index (χ4n) is 4.99. The van der Waals surface area contributed by atoms with Crippen LogP contribution in [0.15, 0.2) is 91.1 Å². The third-order valence-electron chi connectivity index (χ3n) is 7.10. The molecule has 5 aromatic rings. The zero-order valence-corrected chi connectivity index (χ0v) is 21.6. The van der Waals surface area contributed by atoms with E-state index in [4.69, 9.17) is 10.7 Å². The Morgan fingerprint density at radius 3 is 2.31 bits per heavy atom. The predicted molar refractivity (Wildman–Crippen MR) is 154 cm³/mol. The zero-order valence-electron chi connectivity index (χ0n) is 20.8. The normalized spacial score (nSPS) is 13.4. The summed E-state index contributed by atoms with van der Waals surface area (Å²) in [5, 5.41) is 3.16. The van der Waals surface area contributed by atoms with Crippen LogP contribution in [0.25, 0.3) is 50.0 Å². The summed E-state index contributed by atoms with van der Waals surface area (Å²) in [6.07, 6.45) is 3.99. The molecular formula is C32H29FN2S. The van der Waals surface area contributed by atoms with Gasteiger partial charge in [-0.3, -0.25) is 0 Å². The number of rotatable bonds is 6. The van der Waals surface area contributed by atoms with Gasteiger partial charge in [0.2, 0.25) is 0 Å². The van der Waals surface area contributed by atoms with Gasteiger partial charge < -0.3 is 5.73 Å². The Labute approximate surface area is 216 Å². The second-order valence-electron chi connectivity index (χ2n) is 9.36. The van der Waals surface area contributed by atoms with Crippen molar-refractivity contribution < 1.29 is 3.89 Å². The smallest absolute Gasteiger partial charge is 0.0768 e. The average molecular weight is 493 g/mol. The molecule has 0 saturated carbocycles. The summed E-state index contributed by atoms with van der Waals surface area (Å²) in [7, 11) is 0. The highest BCUT2D eigenvalue weighted by atomic mass is 32.2. The fourth-order valence-corrected chi connectivity index (χ4v) is 5.35. The highest BCUT2D eigenvalue weighted by Crippen LogP contribution is 2.47. The Hall–Kier alpha value is -3.63. The highest BCUT2D eigenvalue weighted by molar-refractivity contribution is 7.95. The maximum atomic E-state index is 14.4. The molecule has 0 saturated heterocycles. The Morgan fingerprint density at radius 1 is 0.889 bits per heavy atom. The number of fused-ring (bicyclic) bond motifs is 3. The van der Waals surface area contributed by atoms with Crippen LogP contribution in [-0.2, 0) is 4.75 Å². The first-order valence-corrected chi connectivity index (χ1v) is 12.9. The Balaban J connectivity index is 1.98. The van der Waals surface area contributed by atoms with Gasteiger partial charge in [-0.1, -0.05) is 97.4 Å². The molecule has 1 heterocycles. The average Bonchev–Trinajstić information content (AvgIpc) is 2.92. The van der Waals surface area contributed by atoms with Crippen molar-refractivity contribution in [3.63, 3.8) is 0 Å². The lowest BCUT2D eigenvalue weighted by molar-refractivity contribution is 0.647. The van der Waals surface area contributed by atoms with Gasteiger partial charge in [-0.05, 0) is 65.7 Å². The number of nitrogens with zero attached hydrogens (tertiary/aromatic N) is 1. The largest absolute Gasteiger partial charge is 0.405 e. The lowest BCUT2D eigenvalue weighted by Gasteiger charge is -2.26. The van der Waals surface area contributed by atoms with Crippen molar-refractivity contribution in [3.05, 3.63) is 108 Å². The van der Waals surface area contributed by atoms with Crippen LogP contribution >= 0.6 is 12.1 Å². The quantitative estimate of drug-likeness (QED) is 0.240. The van der Waals surface area contributed by atoms with Crippen molar-refractivity contribution in [2.45, 2.75) is 31.9 Å². The van der Waals surface area contributed by atoms with E-state index in [2.05, 4.69) is 85.8 Å². The van der Waals surface area contributed by atoms with Crippen molar-refractivity contribution in [2.75, 3.05) is 0 Å². The zero-order chi connectivity index (χ0) is 25.3. The van der Waals surface area contributed by atoms with E-state index in [0.29, 0.717) is 18.6 Å². The molecule has 2 nitrogen and oxygen atoms in total. The van der Waals surface area contributed by atoms with E-state index in [-0.39, 0.29) is 0 Å². The van der Waals surface area contributed by atoms with Crippen LogP contribution in [0.5, 0.6) is 0 Å². The van der Waals surface area contributed by atoms with Gasteiger partial charge in [0.25, 0.3) is 0 Å². The number of aromatic nitrogens is 1. The number of hydrogen-bond acceptors (Lipinski definition) is 3. The van der Waals surface area contributed by atoms with Crippen molar-refractivity contribution >= 4 is 39.9 Å². The number of hydrogen-bond donors (Lipinski definition) is 1. The Kier molecular flexibility index (Phi) is 6.55. The lowest BCUT2D eigenvalue weighted by atomic mass is 9.86. The summed E-state index contributed by atoms with van der Waals surface area (Å²) in [6.45, 7) is 6.06. The monoisotopic (exact) mass is 492 g/mol. The van der Waals surface area contributed by atoms with Crippen LogP contribution in [0.4, 0.5) is 3.89 Å². The summed E-state index contributed by atoms with van der Waals surface area (Å²) >= 11 is 0.387. The van der Waals surface area contributed by atoms with Crippen LogP contribution in [0.3, 0.4) is 0 Å². The molecule has 4 aromatic carbocycles. The van der Waals surface area contributed by atoms with Gasteiger partial charge >= 0.3 is 0 Å². The number of nitrogens with two attached hydrogens (primary N) is 1. The third-order valence-corrected chi connectivity index (χ3v) is 7.95. The molecule has 36 heavy (non-hydrogen) atoms. The van der Waals surface area contributed by atoms with E-state index in [1.54, 1.807) is 0 Å². The lowest BCUT2D eigenvalue weighted by Crippen LogP contribution is -2.16. The molecule has 4 heteroatoms. The second kappa shape index (κ2) is 9.79. The SMILES string of the molecule is CCC(C)(SF)c1ccc(-c2ccccc2-c2ccccc2)c2c1nc(/C=C\N)c1ccc(C)cc12. The Morgan fingerprint density at radius 2 is 1.61 bits per heavy atom. The standard InChI is InChI=1S/C32H29FN2S/c1-4-32(3,36-33)28-17-16-26(24-13-9-8-12-23(24)22-10-6-5-7-11-22)30-27-20-21(2)14-15-25(27)29(18-19-34)35-31(28)30/h5-20H,4,34H2,1-3H3/b19-18-. The molecule has 0 aliphatic rings. The summed E-state index contributed by atoms with van der Waals surface area (Å²) in [5.41, 5.74) is 14.0. The summed E-state index contributed by atoms with van der Waals surface area (Å²) in [5.74, 6) is 0. The second-order valence-corrected chi connectivity index (χ2v) is 10.4. The van der Waals surface area contributed by atoms with Gasteiger partial charge in [0.15, 0.2) is 0 Å². The minimum atomic E-state index is -0.718. The topological polar surface area (TPSA) is 38.9 Å². The Bertz CT molecular complexity index is 1590. The van der Waals surface area contributed by atoms with Crippen molar-refractivity contribution in [2.24, 2.45) is 5.73 Å². The number of benzene rings is 4. The van der Waals surface area contributed by atoms with Crippen LogP contribution < -0.4 is 5.73 Å². The molecule has 0 bridgehead atoms. The van der Waals surface area contributed by atoms with Crippen LogP contribution in [0, 0.1) is 6.92 Å². The van der Waals surface area contributed by atoms with Gasteiger partial charge in [-0.2, -0.15) is 3.89 Å². The maximum Gasteiger partial charge on any atom is 0.0768 e. The van der Waals surface area contributed by atoms with Crippen molar-refractivity contribution in [1.29, 1.82) is 0 Å². The number of pyridine rings is 1. The molecule has 0 spiro atoms. The molecule has 0 radical (unpaired) electrons. The van der Waals surface area contributed by atoms with E-state index >= 15 is 0 Å². The number of aryl methyl sites for hydroxylation is 1. The van der Waals surface area contributed by atoms with Crippen LogP contribution in [-0.4, -0.2) is 4.98 Å². The van der Waals surface area contributed by atoms with Gasteiger partial charge in [0.1, 0.15) is 0 Å². The molecule has 0 amide bonds. The molecule has 1 aromatic heterocycles. The minimum absolute atomic E-state index is 0.387. The highest BCUT2D eigenvalue weighted by Gasteiger charge is 2.30. The first-order valence-electron chi connectivity index (χ1n) is 12.2. The molecule has 0 fully saturated rings. The van der Waals surface area contributed by atoms with Gasteiger partial charge in [0.05, 0.1) is 28.1 Å². The van der Waals surface area contributed by atoms with Gasteiger partial charge in [-0.25, -0.2) is 4.98 Å². The van der Waals surface area contributed by atoms with E-state index in [1.807, 2.05) is 26.0 Å². The van der Waals surface area contributed by atoms with E-state index in [0.717, 1.165) is 60.8 Å². The molecule has 1 unspecified atom stereocenters. The maximum absolute atomic E-state index is 14.4. The molecule has 2 N–H and O–H groups in total. The van der Waals surface area contributed by atoms with Crippen molar-refractivity contribution in [1.82, 2.24) is 4.98 Å². The minimum Gasteiger partial charge on any atom is -0.405 e. The molecular weight excluding hydrogens is 463 g/mol.